The first-order chi connectivity index (χ1) is 11.1. The molecule has 1 aromatic rings. The van der Waals surface area contributed by atoms with Crippen molar-refractivity contribution in [2.45, 2.75) is 12.8 Å². The normalized spacial score (nSPS) is 19.9. The Labute approximate surface area is 134 Å². The van der Waals surface area contributed by atoms with Gasteiger partial charge < -0.3 is 9.47 Å². The lowest BCUT2D eigenvalue weighted by molar-refractivity contribution is 0.0352. The highest BCUT2D eigenvalue weighted by molar-refractivity contribution is 5.70. The molecular weight excluding hydrogens is 300 g/mol. The molecule has 1 fully saturated rings. The molecule has 0 saturated heterocycles. The minimum Gasteiger partial charge on any atom is -0.449 e. The predicted octanol–water partition coefficient (Wildman–Crippen LogP) is 2.13. The van der Waals surface area contributed by atoms with E-state index in [0.717, 1.165) is 12.8 Å². The van der Waals surface area contributed by atoms with E-state index >= 15 is 0 Å². The number of ether oxygens (including phenoxy) is 2. The number of imidazole rings is 1. The number of carbonyl (C=O) groups is 2. The molecule has 0 radical (unpaired) electrons. The molecule has 1 amide bonds. The lowest BCUT2D eigenvalue weighted by Gasteiger charge is -2.34. The van der Waals surface area contributed by atoms with Crippen LogP contribution in [0.1, 0.15) is 12.8 Å². The van der Waals surface area contributed by atoms with Crippen molar-refractivity contribution in [2.24, 2.45) is 16.8 Å². The molecule has 1 aliphatic rings. The van der Waals surface area contributed by atoms with Gasteiger partial charge in [0.1, 0.15) is 6.33 Å². The van der Waals surface area contributed by atoms with E-state index in [1.165, 1.54) is 40.6 Å². The third-order valence-electron chi connectivity index (χ3n) is 3.62. The fraction of sp³-hybridized carbons (Fsp3) is 0.467. The van der Waals surface area contributed by atoms with Crippen LogP contribution in [0.25, 0.3) is 0 Å². The minimum absolute atomic E-state index is 0.311. The van der Waals surface area contributed by atoms with Crippen molar-refractivity contribution < 1.29 is 19.1 Å². The molecule has 0 spiro atoms. The highest BCUT2D eigenvalue weighted by atomic mass is 16.6. The average molecular weight is 320 g/mol. The predicted molar refractivity (Wildman–Crippen MR) is 83.0 cm³/mol. The molecule has 0 bridgehead atoms. The maximum atomic E-state index is 11.6. The number of aromatic nitrogens is 2. The summed E-state index contributed by atoms with van der Waals surface area (Å²) in [6.45, 7) is 4.02. The zero-order chi connectivity index (χ0) is 16.7. The van der Waals surface area contributed by atoms with Crippen molar-refractivity contribution in [3.05, 3.63) is 31.1 Å². The van der Waals surface area contributed by atoms with Gasteiger partial charge in [-0.3, -0.25) is 9.89 Å². The van der Waals surface area contributed by atoms with Crippen LogP contribution in [0.2, 0.25) is 0 Å². The van der Waals surface area contributed by atoms with Gasteiger partial charge in [-0.15, -0.1) is 0 Å². The van der Waals surface area contributed by atoms with Crippen LogP contribution in [0.5, 0.6) is 0 Å². The van der Waals surface area contributed by atoms with Crippen molar-refractivity contribution in [3.63, 3.8) is 0 Å². The number of rotatable bonds is 6. The number of aliphatic imine (C=N–C) groups is 1. The number of hydrogen-bond acceptors (Lipinski definition) is 6. The fourth-order valence-corrected chi connectivity index (χ4v) is 2.28. The van der Waals surface area contributed by atoms with Crippen LogP contribution in [-0.4, -0.2) is 53.6 Å². The van der Waals surface area contributed by atoms with E-state index in [-0.39, 0.29) is 0 Å². The summed E-state index contributed by atoms with van der Waals surface area (Å²) in [6.07, 6.45) is 8.24. The molecular formula is C15H20N4O4. The second-order valence-corrected chi connectivity index (χ2v) is 5.42. The molecule has 1 saturated carbocycles. The summed E-state index contributed by atoms with van der Waals surface area (Å²) < 4.78 is 11.7. The van der Waals surface area contributed by atoms with Crippen LogP contribution >= 0.6 is 0 Å². The zero-order valence-electron chi connectivity index (χ0n) is 13.0. The molecule has 0 atom stereocenters. The molecule has 0 aromatic carbocycles. The quantitative estimate of drug-likeness (QED) is 0.750. The van der Waals surface area contributed by atoms with Gasteiger partial charge in [-0.2, -0.15) is 0 Å². The maximum Gasteiger partial charge on any atom is 0.419 e. The molecule has 0 N–H and O–H groups in total. The summed E-state index contributed by atoms with van der Waals surface area (Å²) >= 11 is 0. The van der Waals surface area contributed by atoms with E-state index in [1.807, 2.05) is 0 Å². The summed E-state index contributed by atoms with van der Waals surface area (Å²) in [6, 6.07) is 0. The van der Waals surface area contributed by atoms with Gasteiger partial charge in [0.05, 0.1) is 13.2 Å². The average Bonchev–Trinajstić information content (AvgIpc) is 3.04. The SMILES string of the molecule is C=N/C=C\N(C)C(=O)OCC1CC(COC(=O)n2ccnc2)C1. The standard InChI is InChI=1S/C15H20N4O4/c1-16-3-5-18(2)14(20)22-9-12-7-13(8-12)10-23-15(21)19-6-4-17-11-19/h3-6,11-13H,1,7-10H2,2H3/b5-3-. The van der Waals surface area contributed by atoms with Gasteiger partial charge in [-0.1, -0.05) is 0 Å². The van der Waals surface area contributed by atoms with E-state index in [9.17, 15) is 9.59 Å². The van der Waals surface area contributed by atoms with Gasteiger partial charge >= 0.3 is 12.2 Å². The van der Waals surface area contributed by atoms with E-state index in [2.05, 4.69) is 16.7 Å². The first-order valence-electron chi connectivity index (χ1n) is 7.27. The second kappa shape index (κ2) is 8.11. The Morgan fingerprint density at radius 1 is 1.39 bits per heavy atom. The van der Waals surface area contributed by atoms with Gasteiger partial charge in [0.15, 0.2) is 0 Å². The van der Waals surface area contributed by atoms with E-state index < -0.39 is 12.2 Å². The fourth-order valence-electron chi connectivity index (χ4n) is 2.28. The lowest BCUT2D eigenvalue weighted by Crippen LogP contribution is -2.34. The molecule has 23 heavy (non-hydrogen) atoms. The minimum atomic E-state index is -0.431. The van der Waals surface area contributed by atoms with Gasteiger partial charge in [-0.25, -0.2) is 19.1 Å². The third-order valence-corrected chi connectivity index (χ3v) is 3.62. The van der Waals surface area contributed by atoms with Crippen LogP contribution in [0.4, 0.5) is 9.59 Å². The summed E-state index contributed by atoms with van der Waals surface area (Å²) in [7, 11) is 1.59. The Balaban J connectivity index is 1.58. The van der Waals surface area contributed by atoms with Gasteiger partial charge in [-0.05, 0) is 31.4 Å². The summed E-state index contributed by atoms with van der Waals surface area (Å²) in [5.41, 5.74) is 0. The van der Waals surface area contributed by atoms with Crippen LogP contribution in [0.3, 0.4) is 0 Å². The maximum absolute atomic E-state index is 11.6. The Bertz CT molecular complexity index is 564. The van der Waals surface area contributed by atoms with Crippen molar-refractivity contribution in [1.29, 1.82) is 0 Å². The Kier molecular flexibility index (Phi) is 5.90. The van der Waals surface area contributed by atoms with Gasteiger partial charge in [0.2, 0.25) is 0 Å². The van der Waals surface area contributed by atoms with Crippen LogP contribution in [-0.2, 0) is 9.47 Å². The largest absolute Gasteiger partial charge is 0.449 e. The van der Waals surface area contributed by atoms with Gasteiger partial charge in [0, 0.05) is 31.8 Å². The number of amides is 1. The molecule has 2 rings (SSSR count). The number of nitrogens with zero attached hydrogens (tertiary/aromatic N) is 4. The zero-order valence-corrected chi connectivity index (χ0v) is 13.0. The third kappa shape index (κ3) is 4.94. The van der Waals surface area contributed by atoms with Crippen molar-refractivity contribution in [3.8, 4) is 0 Å². The lowest BCUT2D eigenvalue weighted by atomic mass is 9.76. The first kappa shape index (κ1) is 16.7. The van der Waals surface area contributed by atoms with E-state index in [0.29, 0.717) is 25.0 Å². The van der Waals surface area contributed by atoms with Gasteiger partial charge in [0.25, 0.3) is 0 Å². The van der Waals surface area contributed by atoms with Crippen LogP contribution < -0.4 is 0 Å². The molecule has 8 nitrogen and oxygen atoms in total. The van der Waals surface area contributed by atoms with Crippen LogP contribution in [0, 0.1) is 11.8 Å². The Morgan fingerprint density at radius 3 is 2.70 bits per heavy atom. The smallest absolute Gasteiger partial charge is 0.419 e. The molecule has 0 unspecified atom stereocenters. The monoisotopic (exact) mass is 320 g/mol. The topological polar surface area (TPSA) is 86.0 Å². The van der Waals surface area contributed by atoms with Crippen molar-refractivity contribution >= 4 is 18.9 Å². The number of hydrogen-bond donors (Lipinski definition) is 0. The van der Waals surface area contributed by atoms with Crippen molar-refractivity contribution in [1.82, 2.24) is 14.5 Å². The van der Waals surface area contributed by atoms with Crippen molar-refractivity contribution in [2.75, 3.05) is 20.3 Å². The summed E-state index contributed by atoms with van der Waals surface area (Å²) in [4.78, 5) is 31.9. The van der Waals surface area contributed by atoms with E-state index in [4.69, 9.17) is 9.47 Å². The Hall–Kier alpha value is -2.64. The molecule has 0 aliphatic heterocycles. The molecule has 1 heterocycles. The summed E-state index contributed by atoms with van der Waals surface area (Å²) in [5.74, 6) is 0.625. The summed E-state index contributed by atoms with van der Waals surface area (Å²) in [5, 5.41) is 0. The first-order valence-corrected chi connectivity index (χ1v) is 7.27. The molecule has 8 heteroatoms. The Morgan fingerprint density at radius 2 is 2.09 bits per heavy atom. The molecule has 124 valence electrons. The molecule has 1 aliphatic carbocycles. The highest BCUT2D eigenvalue weighted by Crippen LogP contribution is 2.34. The molecule has 1 aromatic heterocycles. The second-order valence-electron chi connectivity index (χ2n) is 5.42. The van der Waals surface area contributed by atoms with Crippen LogP contribution in [0.15, 0.2) is 36.1 Å². The van der Waals surface area contributed by atoms with E-state index in [1.54, 1.807) is 7.05 Å². The highest BCUT2D eigenvalue weighted by Gasteiger charge is 2.31. The number of carbonyl (C=O) groups excluding carboxylic acids is 2.